The Kier molecular flexibility index (Phi) is 4.50. The number of hydrogen-bond donors (Lipinski definition) is 3. The van der Waals surface area contributed by atoms with Crippen molar-refractivity contribution in [1.29, 1.82) is 0 Å². The third-order valence-electron chi connectivity index (χ3n) is 3.25. The van der Waals surface area contributed by atoms with Crippen LogP contribution >= 0.6 is 11.6 Å². The van der Waals surface area contributed by atoms with Gasteiger partial charge in [-0.15, -0.1) is 0 Å². The molecule has 0 unspecified atom stereocenters. The topological polar surface area (TPSA) is 108 Å². The molecule has 2 rings (SSSR count). The van der Waals surface area contributed by atoms with Gasteiger partial charge in [-0.05, 0) is 18.9 Å². The Bertz CT molecular complexity index is 636. The smallest absolute Gasteiger partial charge is 0.266 e. The lowest BCUT2D eigenvalue weighted by molar-refractivity contribution is 0.0223. The Balaban J connectivity index is 2.30. The van der Waals surface area contributed by atoms with Crippen LogP contribution in [0.15, 0.2) is 22.0 Å². The Morgan fingerprint density at radius 2 is 2.10 bits per heavy atom. The standard InChI is InChI=1S/C11H15ClN2O5S/c12-9-5-8(6-13-10(9)16)20(17,18)14-11(7-15)1-3-19-4-2-11/h5-6,14-15H,1-4,7H2,(H,13,16). The molecule has 3 N–H and O–H groups in total. The van der Waals surface area contributed by atoms with Crippen LogP contribution in [0, 0.1) is 0 Å². The lowest BCUT2D eigenvalue weighted by atomic mass is 9.93. The minimum Gasteiger partial charge on any atom is -0.394 e. The summed E-state index contributed by atoms with van der Waals surface area (Å²) in [6, 6.07) is 1.08. The predicted octanol–water partition coefficient (Wildman–Crippen LogP) is -0.152. The monoisotopic (exact) mass is 322 g/mol. The first-order chi connectivity index (χ1) is 9.38. The SMILES string of the molecule is O=c1[nH]cc(S(=O)(=O)NC2(CO)CCOCC2)cc1Cl. The van der Waals surface area contributed by atoms with Gasteiger partial charge >= 0.3 is 0 Å². The highest BCUT2D eigenvalue weighted by Gasteiger charge is 2.36. The number of sulfonamides is 1. The van der Waals surface area contributed by atoms with E-state index >= 15 is 0 Å². The Morgan fingerprint density at radius 3 is 2.65 bits per heavy atom. The molecule has 1 saturated heterocycles. The molecule has 0 aliphatic carbocycles. The third kappa shape index (κ3) is 3.21. The van der Waals surface area contributed by atoms with Crippen molar-refractivity contribution in [1.82, 2.24) is 9.71 Å². The van der Waals surface area contributed by atoms with E-state index in [2.05, 4.69) is 9.71 Å². The van der Waals surface area contributed by atoms with E-state index in [4.69, 9.17) is 16.3 Å². The molecule has 1 aliphatic heterocycles. The molecule has 0 spiro atoms. The fourth-order valence-corrected chi connectivity index (χ4v) is 3.67. The first-order valence-electron chi connectivity index (χ1n) is 5.99. The van der Waals surface area contributed by atoms with Crippen molar-refractivity contribution in [3.05, 3.63) is 27.6 Å². The van der Waals surface area contributed by atoms with Crippen LogP contribution in [0.5, 0.6) is 0 Å². The van der Waals surface area contributed by atoms with Crippen LogP contribution in [0.2, 0.25) is 5.02 Å². The number of aromatic nitrogens is 1. The average molecular weight is 323 g/mol. The maximum Gasteiger partial charge on any atom is 0.266 e. The molecule has 9 heteroatoms. The Morgan fingerprint density at radius 1 is 1.45 bits per heavy atom. The fraction of sp³-hybridized carbons (Fsp3) is 0.545. The fourth-order valence-electron chi connectivity index (χ4n) is 1.99. The summed E-state index contributed by atoms with van der Waals surface area (Å²) < 4.78 is 32.2. The highest BCUT2D eigenvalue weighted by atomic mass is 35.5. The van der Waals surface area contributed by atoms with E-state index in [1.807, 2.05) is 0 Å². The molecule has 1 aromatic rings. The molecule has 1 fully saturated rings. The number of aliphatic hydroxyl groups is 1. The minimum absolute atomic E-state index is 0.151. The average Bonchev–Trinajstić information content (AvgIpc) is 2.42. The molecule has 2 heterocycles. The summed E-state index contributed by atoms with van der Waals surface area (Å²) in [6.07, 6.45) is 1.82. The van der Waals surface area contributed by atoms with Crippen molar-refractivity contribution < 1.29 is 18.3 Å². The van der Waals surface area contributed by atoms with Crippen LogP contribution in [-0.4, -0.2) is 43.9 Å². The number of H-pyrrole nitrogens is 1. The molecule has 112 valence electrons. The first kappa shape index (κ1) is 15.5. The van der Waals surface area contributed by atoms with E-state index in [1.54, 1.807) is 0 Å². The van der Waals surface area contributed by atoms with Crippen molar-refractivity contribution in [3.8, 4) is 0 Å². The lowest BCUT2D eigenvalue weighted by Crippen LogP contribution is -2.54. The summed E-state index contributed by atoms with van der Waals surface area (Å²) >= 11 is 5.63. The second-order valence-corrected chi connectivity index (χ2v) is 6.76. The molecule has 1 aliphatic rings. The molecule has 0 atom stereocenters. The quantitative estimate of drug-likeness (QED) is 0.714. The summed E-state index contributed by atoms with van der Waals surface area (Å²) in [5.74, 6) is 0. The van der Waals surface area contributed by atoms with Crippen molar-refractivity contribution in [2.75, 3.05) is 19.8 Å². The normalized spacial score (nSPS) is 18.9. The van der Waals surface area contributed by atoms with E-state index < -0.39 is 21.1 Å². The van der Waals surface area contributed by atoms with Crippen LogP contribution in [0.25, 0.3) is 0 Å². The van der Waals surface area contributed by atoms with Crippen LogP contribution in [0.1, 0.15) is 12.8 Å². The molecule has 1 aromatic heterocycles. The Labute approximate surface area is 121 Å². The van der Waals surface area contributed by atoms with Gasteiger partial charge in [0.05, 0.1) is 17.0 Å². The van der Waals surface area contributed by atoms with E-state index in [0.717, 1.165) is 12.3 Å². The molecule has 7 nitrogen and oxygen atoms in total. The number of halogens is 1. The highest BCUT2D eigenvalue weighted by molar-refractivity contribution is 7.89. The number of aliphatic hydroxyl groups excluding tert-OH is 1. The largest absolute Gasteiger partial charge is 0.394 e. The van der Waals surface area contributed by atoms with Crippen molar-refractivity contribution in [2.24, 2.45) is 0 Å². The maximum absolute atomic E-state index is 12.3. The second kappa shape index (κ2) is 5.82. The zero-order valence-electron chi connectivity index (χ0n) is 10.6. The van der Waals surface area contributed by atoms with Gasteiger partial charge in [0.15, 0.2) is 0 Å². The number of nitrogens with one attached hydrogen (secondary N) is 2. The van der Waals surface area contributed by atoms with Crippen molar-refractivity contribution in [3.63, 3.8) is 0 Å². The van der Waals surface area contributed by atoms with Gasteiger partial charge in [0.25, 0.3) is 5.56 Å². The van der Waals surface area contributed by atoms with Crippen LogP contribution in [0.4, 0.5) is 0 Å². The zero-order valence-corrected chi connectivity index (χ0v) is 12.1. The Hall–Kier alpha value is -0.930. The second-order valence-electron chi connectivity index (χ2n) is 4.67. The van der Waals surface area contributed by atoms with E-state index in [0.29, 0.717) is 26.1 Å². The third-order valence-corrected chi connectivity index (χ3v) is 5.08. The van der Waals surface area contributed by atoms with Gasteiger partial charge in [0.1, 0.15) is 5.02 Å². The van der Waals surface area contributed by atoms with Gasteiger partial charge in [-0.1, -0.05) is 11.6 Å². The van der Waals surface area contributed by atoms with Crippen LogP contribution < -0.4 is 10.3 Å². The predicted molar refractivity (Wildman–Crippen MR) is 72.3 cm³/mol. The minimum atomic E-state index is -3.89. The summed E-state index contributed by atoms with van der Waals surface area (Å²) in [7, 11) is -3.89. The number of hydrogen-bond acceptors (Lipinski definition) is 5. The summed E-state index contributed by atoms with van der Waals surface area (Å²) in [5.41, 5.74) is -1.51. The molecular weight excluding hydrogens is 308 g/mol. The number of aromatic amines is 1. The summed E-state index contributed by atoms with van der Waals surface area (Å²) in [4.78, 5) is 13.2. The molecule has 20 heavy (non-hydrogen) atoms. The lowest BCUT2D eigenvalue weighted by Gasteiger charge is -2.35. The van der Waals surface area contributed by atoms with E-state index in [9.17, 15) is 18.3 Å². The summed E-state index contributed by atoms with van der Waals surface area (Å²) in [5, 5.41) is 9.27. The van der Waals surface area contributed by atoms with Crippen molar-refractivity contribution in [2.45, 2.75) is 23.3 Å². The molecule has 0 radical (unpaired) electrons. The van der Waals surface area contributed by atoms with Gasteiger partial charge in [0.2, 0.25) is 10.0 Å². The van der Waals surface area contributed by atoms with E-state index in [-0.39, 0.29) is 16.5 Å². The van der Waals surface area contributed by atoms with Gasteiger partial charge in [-0.25, -0.2) is 13.1 Å². The number of pyridine rings is 1. The first-order valence-corrected chi connectivity index (χ1v) is 7.85. The summed E-state index contributed by atoms with van der Waals surface area (Å²) in [6.45, 7) is 0.414. The van der Waals surface area contributed by atoms with Crippen LogP contribution in [0.3, 0.4) is 0 Å². The molecule has 0 amide bonds. The maximum atomic E-state index is 12.3. The molecular formula is C11H15ClN2O5S. The molecule has 0 aromatic carbocycles. The van der Waals surface area contributed by atoms with Crippen molar-refractivity contribution >= 4 is 21.6 Å². The van der Waals surface area contributed by atoms with Gasteiger partial charge < -0.3 is 14.8 Å². The molecule has 0 saturated carbocycles. The van der Waals surface area contributed by atoms with Crippen LogP contribution in [-0.2, 0) is 14.8 Å². The number of ether oxygens (including phenoxy) is 1. The molecule has 0 bridgehead atoms. The van der Waals surface area contributed by atoms with E-state index in [1.165, 1.54) is 0 Å². The van der Waals surface area contributed by atoms with Gasteiger partial charge in [-0.3, -0.25) is 4.79 Å². The van der Waals surface area contributed by atoms with Gasteiger partial charge in [0, 0.05) is 19.4 Å². The zero-order chi connectivity index (χ0) is 14.8. The number of rotatable bonds is 4. The highest BCUT2D eigenvalue weighted by Crippen LogP contribution is 2.23. The van der Waals surface area contributed by atoms with Gasteiger partial charge in [-0.2, -0.15) is 0 Å².